The van der Waals surface area contributed by atoms with Crippen LogP contribution in [-0.2, 0) is 4.74 Å². The van der Waals surface area contributed by atoms with E-state index in [1.165, 1.54) is 25.9 Å². The standard InChI is InChI=1S/C12H25NO2/c1-11(14)4-3-7-13-8-5-12(6-9-13)10-15-2/h11-12,14H,3-10H2,1-2H3. The third-order valence-corrected chi connectivity index (χ3v) is 3.21. The third-order valence-electron chi connectivity index (χ3n) is 3.21. The Bertz CT molecular complexity index is 154. The van der Waals surface area contributed by atoms with Crippen LogP contribution in [0.4, 0.5) is 0 Å². The molecule has 3 nitrogen and oxygen atoms in total. The highest BCUT2D eigenvalue weighted by atomic mass is 16.5. The van der Waals surface area contributed by atoms with E-state index < -0.39 is 0 Å². The predicted molar refractivity (Wildman–Crippen MR) is 62.0 cm³/mol. The highest BCUT2D eigenvalue weighted by Gasteiger charge is 2.18. The van der Waals surface area contributed by atoms with Crippen LogP contribution in [0, 0.1) is 5.92 Å². The van der Waals surface area contributed by atoms with Gasteiger partial charge in [0.1, 0.15) is 0 Å². The van der Waals surface area contributed by atoms with Crippen molar-refractivity contribution in [3.63, 3.8) is 0 Å². The molecule has 0 bridgehead atoms. The number of piperidine rings is 1. The van der Waals surface area contributed by atoms with Crippen LogP contribution in [0.5, 0.6) is 0 Å². The van der Waals surface area contributed by atoms with Crippen molar-refractivity contribution in [2.75, 3.05) is 33.4 Å². The Hall–Kier alpha value is -0.120. The maximum atomic E-state index is 9.16. The summed E-state index contributed by atoms with van der Waals surface area (Å²) < 4.78 is 5.18. The van der Waals surface area contributed by atoms with Gasteiger partial charge in [-0.25, -0.2) is 0 Å². The van der Waals surface area contributed by atoms with Crippen LogP contribution in [0.1, 0.15) is 32.6 Å². The lowest BCUT2D eigenvalue weighted by Crippen LogP contribution is -2.35. The van der Waals surface area contributed by atoms with Crippen LogP contribution in [0.2, 0.25) is 0 Å². The highest BCUT2D eigenvalue weighted by molar-refractivity contribution is 4.72. The zero-order chi connectivity index (χ0) is 11.1. The summed E-state index contributed by atoms with van der Waals surface area (Å²) in [5.41, 5.74) is 0. The normalized spacial score (nSPS) is 21.8. The van der Waals surface area contributed by atoms with Crippen molar-refractivity contribution in [1.29, 1.82) is 0 Å². The van der Waals surface area contributed by atoms with Gasteiger partial charge < -0.3 is 14.7 Å². The second kappa shape index (κ2) is 7.20. The first-order valence-corrected chi connectivity index (χ1v) is 6.11. The monoisotopic (exact) mass is 215 g/mol. The Morgan fingerprint density at radius 3 is 2.60 bits per heavy atom. The largest absolute Gasteiger partial charge is 0.393 e. The van der Waals surface area contributed by atoms with Crippen molar-refractivity contribution in [3.8, 4) is 0 Å². The van der Waals surface area contributed by atoms with E-state index >= 15 is 0 Å². The van der Waals surface area contributed by atoms with Gasteiger partial charge in [-0.1, -0.05) is 0 Å². The highest BCUT2D eigenvalue weighted by Crippen LogP contribution is 2.17. The number of methoxy groups -OCH3 is 1. The van der Waals surface area contributed by atoms with Crippen LogP contribution < -0.4 is 0 Å². The Labute approximate surface area is 93.4 Å². The van der Waals surface area contributed by atoms with Crippen LogP contribution in [0.25, 0.3) is 0 Å². The zero-order valence-electron chi connectivity index (χ0n) is 10.1. The molecule has 1 saturated heterocycles. The number of nitrogens with zero attached hydrogens (tertiary/aromatic N) is 1. The SMILES string of the molecule is COCC1CCN(CCCC(C)O)CC1. The van der Waals surface area contributed by atoms with Gasteiger partial charge in [-0.15, -0.1) is 0 Å². The van der Waals surface area contributed by atoms with E-state index in [9.17, 15) is 0 Å². The molecular formula is C12H25NO2. The van der Waals surface area contributed by atoms with Gasteiger partial charge in [0.05, 0.1) is 6.10 Å². The van der Waals surface area contributed by atoms with E-state index in [1.54, 1.807) is 7.11 Å². The molecule has 0 saturated carbocycles. The molecule has 1 N–H and O–H groups in total. The van der Waals surface area contributed by atoms with E-state index in [-0.39, 0.29) is 6.10 Å². The molecule has 0 aromatic carbocycles. The molecule has 0 radical (unpaired) electrons. The van der Waals surface area contributed by atoms with Crippen molar-refractivity contribution in [2.24, 2.45) is 5.92 Å². The average molecular weight is 215 g/mol. The third kappa shape index (κ3) is 5.50. The summed E-state index contributed by atoms with van der Waals surface area (Å²) in [5.74, 6) is 0.767. The van der Waals surface area contributed by atoms with E-state index in [4.69, 9.17) is 9.84 Å². The van der Waals surface area contributed by atoms with Crippen LogP contribution in [0.15, 0.2) is 0 Å². The summed E-state index contributed by atoms with van der Waals surface area (Å²) in [6.07, 6.45) is 4.44. The molecule has 1 unspecified atom stereocenters. The molecule has 0 aromatic rings. The second-order valence-corrected chi connectivity index (χ2v) is 4.73. The topological polar surface area (TPSA) is 32.7 Å². The Morgan fingerprint density at radius 1 is 1.40 bits per heavy atom. The molecule has 1 atom stereocenters. The lowest BCUT2D eigenvalue weighted by Gasteiger charge is -2.31. The zero-order valence-corrected chi connectivity index (χ0v) is 10.1. The molecule has 1 aliphatic rings. The van der Waals surface area contributed by atoms with Gasteiger partial charge in [-0.3, -0.25) is 0 Å². The van der Waals surface area contributed by atoms with Gasteiger partial charge in [0, 0.05) is 13.7 Å². The summed E-state index contributed by atoms with van der Waals surface area (Å²) in [4.78, 5) is 2.51. The number of ether oxygens (including phenoxy) is 1. The first-order valence-electron chi connectivity index (χ1n) is 6.11. The molecule has 90 valence electrons. The molecule has 15 heavy (non-hydrogen) atoms. The van der Waals surface area contributed by atoms with Crippen molar-refractivity contribution < 1.29 is 9.84 Å². The molecule has 0 aromatic heterocycles. The number of aliphatic hydroxyl groups is 1. The summed E-state index contributed by atoms with van der Waals surface area (Å²) in [7, 11) is 1.79. The van der Waals surface area contributed by atoms with Crippen molar-refractivity contribution in [2.45, 2.75) is 38.7 Å². The summed E-state index contributed by atoms with van der Waals surface area (Å²) in [6.45, 7) is 6.33. The Morgan fingerprint density at radius 2 is 2.07 bits per heavy atom. The molecule has 0 spiro atoms. The molecule has 1 rings (SSSR count). The quantitative estimate of drug-likeness (QED) is 0.729. The Balaban J connectivity index is 2.04. The van der Waals surface area contributed by atoms with Crippen molar-refractivity contribution >= 4 is 0 Å². The van der Waals surface area contributed by atoms with Crippen LogP contribution in [0.3, 0.4) is 0 Å². The van der Waals surface area contributed by atoms with Gasteiger partial charge in [0.15, 0.2) is 0 Å². The number of rotatable bonds is 6. The van der Waals surface area contributed by atoms with Gasteiger partial charge >= 0.3 is 0 Å². The lowest BCUT2D eigenvalue weighted by atomic mass is 9.97. The van der Waals surface area contributed by atoms with Crippen molar-refractivity contribution in [1.82, 2.24) is 4.90 Å². The van der Waals surface area contributed by atoms with E-state index in [0.29, 0.717) is 0 Å². The first kappa shape index (κ1) is 12.9. The lowest BCUT2D eigenvalue weighted by molar-refractivity contribution is 0.0960. The molecule has 1 heterocycles. The number of hydrogen-bond acceptors (Lipinski definition) is 3. The van der Waals surface area contributed by atoms with E-state index in [0.717, 1.165) is 31.9 Å². The van der Waals surface area contributed by atoms with Gasteiger partial charge in [-0.2, -0.15) is 0 Å². The number of aliphatic hydroxyl groups excluding tert-OH is 1. The molecule has 0 amide bonds. The minimum atomic E-state index is -0.143. The first-order chi connectivity index (χ1) is 7.22. The smallest absolute Gasteiger partial charge is 0.0512 e. The second-order valence-electron chi connectivity index (χ2n) is 4.73. The van der Waals surface area contributed by atoms with Crippen LogP contribution >= 0.6 is 0 Å². The van der Waals surface area contributed by atoms with Crippen LogP contribution in [-0.4, -0.2) is 49.5 Å². The molecule has 3 heteroatoms. The number of likely N-dealkylation sites (tertiary alicyclic amines) is 1. The van der Waals surface area contributed by atoms with Gasteiger partial charge in [0.25, 0.3) is 0 Å². The fourth-order valence-electron chi connectivity index (χ4n) is 2.22. The maximum absolute atomic E-state index is 9.16. The number of hydrogen-bond donors (Lipinski definition) is 1. The van der Waals surface area contributed by atoms with Crippen molar-refractivity contribution in [3.05, 3.63) is 0 Å². The molecule has 1 aliphatic heterocycles. The summed E-state index contributed by atoms with van der Waals surface area (Å²) in [6, 6.07) is 0. The minimum Gasteiger partial charge on any atom is -0.393 e. The predicted octanol–water partition coefficient (Wildman–Crippen LogP) is 1.51. The van der Waals surface area contributed by atoms with Gasteiger partial charge in [-0.05, 0) is 58.2 Å². The molecule has 0 aliphatic carbocycles. The summed E-state index contributed by atoms with van der Waals surface area (Å²) in [5, 5.41) is 9.16. The maximum Gasteiger partial charge on any atom is 0.0512 e. The van der Waals surface area contributed by atoms with E-state index in [2.05, 4.69) is 4.90 Å². The molecular weight excluding hydrogens is 190 g/mol. The fraction of sp³-hybridized carbons (Fsp3) is 1.00. The van der Waals surface area contributed by atoms with Gasteiger partial charge in [0.2, 0.25) is 0 Å². The fourth-order valence-corrected chi connectivity index (χ4v) is 2.22. The van der Waals surface area contributed by atoms with E-state index in [1.807, 2.05) is 6.92 Å². The average Bonchev–Trinajstić information content (AvgIpc) is 2.20. The minimum absolute atomic E-state index is 0.143. The molecule has 1 fully saturated rings. The Kier molecular flexibility index (Phi) is 6.22. The summed E-state index contributed by atoms with van der Waals surface area (Å²) >= 11 is 0.